The molecule has 27 heavy (non-hydrogen) atoms. The number of carbonyl (C=O) groups excluding carboxylic acids is 1. The van der Waals surface area contributed by atoms with Crippen LogP contribution in [0.15, 0.2) is 48.5 Å². The first-order valence-electron chi connectivity index (χ1n) is 8.05. The van der Waals surface area contributed by atoms with E-state index in [1.807, 2.05) is 6.07 Å². The van der Waals surface area contributed by atoms with E-state index in [0.29, 0.717) is 16.8 Å². The Morgan fingerprint density at radius 1 is 1.07 bits per heavy atom. The number of hydrogen-bond acceptors (Lipinski definition) is 3. The highest BCUT2D eigenvalue weighted by Crippen LogP contribution is 2.35. The Morgan fingerprint density at radius 3 is 2.59 bits per heavy atom. The molecule has 1 aliphatic heterocycles. The molecule has 138 valence electrons. The van der Waals surface area contributed by atoms with E-state index in [2.05, 4.69) is 10.3 Å². The van der Waals surface area contributed by atoms with E-state index in [1.54, 1.807) is 18.2 Å². The van der Waals surface area contributed by atoms with Gasteiger partial charge in [0, 0.05) is 12.2 Å². The van der Waals surface area contributed by atoms with Crippen molar-refractivity contribution in [3.05, 3.63) is 71.3 Å². The standard InChI is InChI=1S/C18H12F4N4O/c19-12-5-3-6-13(10-12)26-16(18(20,21)22)15(23-24-26)17(27)25-9-8-11-4-1-2-7-14(11)25/h1-7,10H,8-9H2. The lowest BCUT2D eigenvalue weighted by molar-refractivity contribution is -0.143. The lowest BCUT2D eigenvalue weighted by atomic mass is 10.2. The third-order valence-electron chi connectivity index (χ3n) is 4.33. The number of rotatable bonds is 2. The van der Waals surface area contributed by atoms with Crippen molar-refractivity contribution in [2.24, 2.45) is 0 Å². The predicted octanol–water partition coefficient (Wildman–Crippen LogP) is 3.63. The number of benzene rings is 2. The maximum atomic E-state index is 13.7. The van der Waals surface area contributed by atoms with E-state index in [9.17, 15) is 22.4 Å². The fourth-order valence-corrected chi connectivity index (χ4v) is 3.15. The van der Waals surface area contributed by atoms with Crippen molar-refractivity contribution in [2.75, 3.05) is 11.4 Å². The Kier molecular flexibility index (Phi) is 3.94. The molecular formula is C18H12F4N4O. The summed E-state index contributed by atoms with van der Waals surface area (Å²) in [7, 11) is 0. The molecule has 0 N–H and O–H groups in total. The van der Waals surface area contributed by atoms with Gasteiger partial charge in [0.2, 0.25) is 0 Å². The van der Waals surface area contributed by atoms with Crippen LogP contribution in [0.5, 0.6) is 0 Å². The van der Waals surface area contributed by atoms with Crippen LogP contribution in [0, 0.1) is 5.82 Å². The molecule has 0 fully saturated rings. The highest BCUT2D eigenvalue weighted by Gasteiger charge is 2.43. The molecule has 0 unspecified atom stereocenters. The van der Waals surface area contributed by atoms with Gasteiger partial charge in [0.1, 0.15) is 5.82 Å². The summed E-state index contributed by atoms with van der Waals surface area (Å²) in [6.45, 7) is 0.252. The van der Waals surface area contributed by atoms with Crippen molar-refractivity contribution in [3.8, 4) is 5.69 Å². The largest absolute Gasteiger partial charge is 0.435 e. The van der Waals surface area contributed by atoms with Gasteiger partial charge in [-0.15, -0.1) is 5.10 Å². The third kappa shape index (κ3) is 2.94. The van der Waals surface area contributed by atoms with Crippen LogP contribution in [0.1, 0.15) is 21.7 Å². The molecular weight excluding hydrogens is 364 g/mol. The van der Waals surface area contributed by atoms with E-state index in [4.69, 9.17) is 0 Å². The number of para-hydroxylation sites is 1. The average molecular weight is 376 g/mol. The van der Waals surface area contributed by atoms with Gasteiger partial charge in [0.15, 0.2) is 11.4 Å². The van der Waals surface area contributed by atoms with Gasteiger partial charge in [-0.2, -0.15) is 13.2 Å². The zero-order valence-electron chi connectivity index (χ0n) is 13.7. The quantitative estimate of drug-likeness (QED) is 0.642. The molecule has 1 amide bonds. The summed E-state index contributed by atoms with van der Waals surface area (Å²) >= 11 is 0. The second-order valence-corrected chi connectivity index (χ2v) is 6.01. The lowest BCUT2D eigenvalue weighted by Crippen LogP contribution is -2.31. The van der Waals surface area contributed by atoms with Crippen molar-refractivity contribution >= 4 is 11.6 Å². The summed E-state index contributed by atoms with van der Waals surface area (Å²) < 4.78 is 55.0. The van der Waals surface area contributed by atoms with Gasteiger partial charge in [-0.05, 0) is 36.2 Å². The highest BCUT2D eigenvalue weighted by atomic mass is 19.4. The molecule has 3 aromatic rings. The van der Waals surface area contributed by atoms with Gasteiger partial charge in [-0.3, -0.25) is 4.79 Å². The number of anilines is 1. The molecule has 0 bridgehead atoms. The maximum Gasteiger partial charge on any atom is 0.435 e. The van der Waals surface area contributed by atoms with Gasteiger partial charge in [-0.1, -0.05) is 29.5 Å². The molecule has 4 rings (SSSR count). The van der Waals surface area contributed by atoms with Crippen molar-refractivity contribution in [3.63, 3.8) is 0 Å². The van der Waals surface area contributed by atoms with Crippen molar-refractivity contribution in [2.45, 2.75) is 12.6 Å². The average Bonchev–Trinajstić information content (AvgIpc) is 3.25. The predicted molar refractivity (Wildman–Crippen MR) is 88.1 cm³/mol. The summed E-state index contributed by atoms with van der Waals surface area (Å²) in [6, 6.07) is 11.5. The van der Waals surface area contributed by atoms with Crippen molar-refractivity contribution in [1.29, 1.82) is 0 Å². The number of carbonyl (C=O) groups is 1. The molecule has 1 aromatic heterocycles. The fraction of sp³-hybridized carbons (Fsp3) is 0.167. The summed E-state index contributed by atoms with van der Waals surface area (Å²) in [5, 5.41) is 6.96. The zero-order valence-corrected chi connectivity index (χ0v) is 13.7. The number of hydrogen-bond donors (Lipinski definition) is 0. The van der Waals surface area contributed by atoms with E-state index in [-0.39, 0.29) is 12.2 Å². The van der Waals surface area contributed by atoms with E-state index >= 15 is 0 Å². The second-order valence-electron chi connectivity index (χ2n) is 6.01. The Labute approximate surface area is 150 Å². The van der Waals surface area contributed by atoms with E-state index in [0.717, 1.165) is 17.7 Å². The summed E-state index contributed by atoms with van der Waals surface area (Å²) in [4.78, 5) is 14.1. The van der Waals surface area contributed by atoms with Crippen molar-refractivity contribution in [1.82, 2.24) is 15.0 Å². The molecule has 0 aliphatic carbocycles. The molecule has 0 spiro atoms. The number of fused-ring (bicyclic) bond motifs is 1. The van der Waals surface area contributed by atoms with Gasteiger partial charge < -0.3 is 4.90 Å². The Hall–Kier alpha value is -3.23. The minimum absolute atomic E-state index is 0.171. The highest BCUT2D eigenvalue weighted by molar-refractivity contribution is 6.06. The smallest absolute Gasteiger partial charge is 0.306 e. The molecule has 0 radical (unpaired) electrons. The first-order chi connectivity index (χ1) is 12.9. The number of aromatic nitrogens is 3. The van der Waals surface area contributed by atoms with E-state index < -0.39 is 29.3 Å². The number of alkyl halides is 3. The molecule has 0 atom stereocenters. The van der Waals surface area contributed by atoms with Crippen LogP contribution in [-0.2, 0) is 12.6 Å². The number of amides is 1. The van der Waals surface area contributed by atoms with E-state index in [1.165, 1.54) is 17.0 Å². The Bertz CT molecular complexity index is 1030. The van der Waals surface area contributed by atoms with Crippen molar-refractivity contribution < 1.29 is 22.4 Å². The Balaban J connectivity index is 1.81. The van der Waals surface area contributed by atoms with Crippen LogP contribution in [0.4, 0.5) is 23.2 Å². The minimum Gasteiger partial charge on any atom is -0.306 e. The van der Waals surface area contributed by atoms with Gasteiger partial charge in [-0.25, -0.2) is 9.07 Å². The van der Waals surface area contributed by atoms with Crippen LogP contribution >= 0.6 is 0 Å². The fourth-order valence-electron chi connectivity index (χ4n) is 3.15. The SMILES string of the molecule is O=C(c1nnn(-c2cccc(F)c2)c1C(F)(F)F)N1CCc2ccccc21. The summed E-state index contributed by atoms with van der Waals surface area (Å²) in [5.74, 6) is -1.62. The van der Waals surface area contributed by atoms with Crippen LogP contribution in [0.2, 0.25) is 0 Å². The third-order valence-corrected chi connectivity index (χ3v) is 4.33. The van der Waals surface area contributed by atoms with Gasteiger partial charge in [0.05, 0.1) is 5.69 Å². The van der Waals surface area contributed by atoms with Crippen LogP contribution in [0.3, 0.4) is 0 Å². The number of halogens is 4. The molecule has 9 heteroatoms. The monoisotopic (exact) mass is 376 g/mol. The molecule has 5 nitrogen and oxygen atoms in total. The molecule has 2 heterocycles. The zero-order chi connectivity index (χ0) is 19.2. The normalized spacial score (nSPS) is 13.7. The maximum absolute atomic E-state index is 13.7. The summed E-state index contributed by atoms with van der Waals surface area (Å²) in [5.41, 5.74) is -0.894. The first-order valence-corrected chi connectivity index (χ1v) is 8.05. The topological polar surface area (TPSA) is 51.0 Å². The summed E-state index contributed by atoms with van der Waals surface area (Å²) in [6.07, 6.45) is -4.36. The minimum atomic E-state index is -4.90. The Morgan fingerprint density at radius 2 is 1.85 bits per heavy atom. The molecule has 1 aliphatic rings. The van der Waals surface area contributed by atoms with Crippen LogP contribution in [-0.4, -0.2) is 27.4 Å². The molecule has 0 saturated carbocycles. The second kappa shape index (κ2) is 6.19. The molecule has 0 saturated heterocycles. The van der Waals surface area contributed by atoms with Crippen LogP contribution < -0.4 is 4.90 Å². The van der Waals surface area contributed by atoms with Crippen LogP contribution in [0.25, 0.3) is 5.69 Å². The number of nitrogens with zero attached hydrogens (tertiary/aromatic N) is 4. The lowest BCUT2D eigenvalue weighted by Gasteiger charge is -2.17. The van der Waals surface area contributed by atoms with Gasteiger partial charge in [0.25, 0.3) is 5.91 Å². The first kappa shape index (κ1) is 17.2. The molecule has 2 aromatic carbocycles. The van der Waals surface area contributed by atoms with Gasteiger partial charge >= 0.3 is 6.18 Å².